The van der Waals surface area contributed by atoms with Crippen molar-refractivity contribution >= 4 is 23.4 Å². The maximum Gasteiger partial charge on any atom is 0.214 e. The molecule has 7 heteroatoms. The summed E-state index contributed by atoms with van der Waals surface area (Å²) in [5.41, 5.74) is 1.92. The molecule has 0 fully saturated rings. The Labute approximate surface area is 136 Å². The maximum atomic E-state index is 9.34. The Bertz CT molecular complexity index is 760. The molecular weight excluding hydrogens is 320 g/mol. The molecule has 0 saturated carbocycles. The number of halogens is 1. The third-order valence-corrected chi connectivity index (χ3v) is 4.39. The van der Waals surface area contributed by atoms with Gasteiger partial charge in [0.2, 0.25) is 5.16 Å². The first-order chi connectivity index (χ1) is 10.7. The number of aryl methyl sites for hydroxylation is 1. The molecule has 22 heavy (non-hydrogen) atoms. The summed E-state index contributed by atoms with van der Waals surface area (Å²) in [6.07, 6.45) is 0.840. The summed E-state index contributed by atoms with van der Waals surface area (Å²) < 4.78 is 1.65. The van der Waals surface area contributed by atoms with Crippen LogP contribution >= 0.6 is 23.4 Å². The van der Waals surface area contributed by atoms with Crippen molar-refractivity contribution in [3.05, 3.63) is 59.1 Å². The zero-order valence-corrected chi connectivity index (χ0v) is 13.1. The Morgan fingerprint density at radius 2 is 1.86 bits per heavy atom. The van der Waals surface area contributed by atoms with Gasteiger partial charge in [0.1, 0.15) is 5.75 Å². The second kappa shape index (κ2) is 6.81. The molecule has 0 unspecified atom stereocenters. The molecule has 3 aromatic rings. The van der Waals surface area contributed by atoms with Gasteiger partial charge in [0.15, 0.2) is 0 Å². The normalized spacial score (nSPS) is 10.8. The first-order valence-corrected chi connectivity index (χ1v) is 8.04. The fourth-order valence-corrected chi connectivity index (χ4v) is 3.07. The Morgan fingerprint density at radius 1 is 1.09 bits per heavy atom. The molecule has 1 aromatic heterocycles. The van der Waals surface area contributed by atoms with Crippen molar-refractivity contribution in [2.45, 2.75) is 11.6 Å². The van der Waals surface area contributed by atoms with Crippen molar-refractivity contribution in [3.8, 4) is 11.4 Å². The molecule has 0 bridgehead atoms. The van der Waals surface area contributed by atoms with E-state index in [-0.39, 0.29) is 5.75 Å². The van der Waals surface area contributed by atoms with E-state index in [0.717, 1.165) is 28.4 Å². The summed E-state index contributed by atoms with van der Waals surface area (Å²) in [6.45, 7) is 0. The minimum Gasteiger partial charge on any atom is -0.508 e. The number of thioether (sulfide) groups is 1. The van der Waals surface area contributed by atoms with E-state index in [1.165, 1.54) is 0 Å². The Morgan fingerprint density at radius 3 is 2.64 bits per heavy atom. The van der Waals surface area contributed by atoms with Crippen LogP contribution in [0, 0.1) is 0 Å². The van der Waals surface area contributed by atoms with Crippen LogP contribution in [-0.4, -0.2) is 31.1 Å². The lowest BCUT2D eigenvalue weighted by molar-refractivity contribution is 0.475. The average molecular weight is 333 g/mol. The SMILES string of the molecule is Oc1ccc(-n2nnnc2SCCc2ccccc2Cl)cc1. The predicted octanol–water partition coefficient (Wildman–Crippen LogP) is 3.36. The minimum absolute atomic E-state index is 0.213. The lowest BCUT2D eigenvalue weighted by atomic mass is 10.2. The number of aromatic hydroxyl groups is 1. The van der Waals surface area contributed by atoms with Crippen LogP contribution in [0.4, 0.5) is 0 Å². The molecule has 1 heterocycles. The van der Waals surface area contributed by atoms with Crippen LogP contribution in [0.2, 0.25) is 5.02 Å². The molecule has 2 aromatic carbocycles. The molecule has 0 saturated heterocycles. The fourth-order valence-electron chi connectivity index (χ4n) is 1.98. The summed E-state index contributed by atoms with van der Waals surface area (Å²) in [5, 5.41) is 22.6. The van der Waals surface area contributed by atoms with Crippen LogP contribution in [0.5, 0.6) is 5.75 Å². The summed E-state index contributed by atoms with van der Waals surface area (Å²) >= 11 is 7.71. The number of hydrogen-bond acceptors (Lipinski definition) is 5. The van der Waals surface area contributed by atoms with Crippen LogP contribution in [0.25, 0.3) is 5.69 Å². The van der Waals surface area contributed by atoms with Gasteiger partial charge in [0.05, 0.1) is 5.69 Å². The minimum atomic E-state index is 0.213. The molecule has 112 valence electrons. The molecule has 0 amide bonds. The molecule has 5 nitrogen and oxygen atoms in total. The number of tetrazole rings is 1. The monoisotopic (exact) mass is 332 g/mol. The second-order valence-corrected chi connectivity index (χ2v) is 6.05. The third-order valence-electron chi connectivity index (χ3n) is 3.10. The molecule has 0 atom stereocenters. The first kappa shape index (κ1) is 14.9. The number of hydrogen-bond donors (Lipinski definition) is 1. The summed E-state index contributed by atoms with van der Waals surface area (Å²) in [6, 6.07) is 14.6. The number of benzene rings is 2. The zero-order chi connectivity index (χ0) is 15.4. The molecule has 0 radical (unpaired) electrons. The number of aromatic nitrogens is 4. The number of nitrogens with zero attached hydrogens (tertiary/aromatic N) is 4. The van der Waals surface area contributed by atoms with Crippen molar-refractivity contribution in [2.75, 3.05) is 5.75 Å². The van der Waals surface area contributed by atoms with E-state index in [0.29, 0.717) is 5.16 Å². The van der Waals surface area contributed by atoms with E-state index >= 15 is 0 Å². The van der Waals surface area contributed by atoms with Gasteiger partial charge in [0.25, 0.3) is 0 Å². The third kappa shape index (κ3) is 3.40. The topological polar surface area (TPSA) is 63.8 Å². The van der Waals surface area contributed by atoms with E-state index in [2.05, 4.69) is 15.5 Å². The van der Waals surface area contributed by atoms with Gasteiger partial charge in [-0.2, -0.15) is 4.68 Å². The van der Waals surface area contributed by atoms with Crippen molar-refractivity contribution in [3.63, 3.8) is 0 Å². The highest BCUT2D eigenvalue weighted by Gasteiger charge is 2.09. The van der Waals surface area contributed by atoms with E-state index in [1.54, 1.807) is 40.7 Å². The highest BCUT2D eigenvalue weighted by atomic mass is 35.5. The van der Waals surface area contributed by atoms with E-state index in [4.69, 9.17) is 11.6 Å². The van der Waals surface area contributed by atoms with E-state index < -0.39 is 0 Å². The van der Waals surface area contributed by atoms with Crippen LogP contribution in [0.15, 0.2) is 53.7 Å². The van der Waals surface area contributed by atoms with Gasteiger partial charge in [0, 0.05) is 10.8 Å². The molecule has 0 aliphatic carbocycles. The molecule has 3 rings (SSSR count). The molecule has 0 spiro atoms. The molecule has 0 aliphatic heterocycles. The smallest absolute Gasteiger partial charge is 0.214 e. The number of phenolic OH excluding ortho intramolecular Hbond substituents is 1. The summed E-state index contributed by atoms with van der Waals surface area (Å²) in [5.74, 6) is 1.03. The quantitative estimate of drug-likeness (QED) is 0.726. The lowest BCUT2D eigenvalue weighted by Crippen LogP contribution is -1.99. The van der Waals surface area contributed by atoms with Crippen LogP contribution in [-0.2, 0) is 6.42 Å². The lowest BCUT2D eigenvalue weighted by Gasteiger charge is -2.05. The summed E-state index contributed by atoms with van der Waals surface area (Å²) in [4.78, 5) is 0. The van der Waals surface area contributed by atoms with Crippen molar-refractivity contribution in [2.24, 2.45) is 0 Å². The highest BCUT2D eigenvalue weighted by Crippen LogP contribution is 2.22. The standard InChI is InChI=1S/C15H13ClN4OS/c16-14-4-2-1-3-11(14)9-10-22-15-17-18-19-20(15)12-5-7-13(21)8-6-12/h1-8,21H,9-10H2. The van der Waals surface area contributed by atoms with Gasteiger partial charge in [-0.3, -0.25) is 0 Å². The van der Waals surface area contributed by atoms with Crippen LogP contribution in [0.1, 0.15) is 5.56 Å². The van der Waals surface area contributed by atoms with Gasteiger partial charge < -0.3 is 5.11 Å². The zero-order valence-electron chi connectivity index (χ0n) is 11.6. The summed E-state index contributed by atoms with van der Waals surface area (Å²) in [7, 11) is 0. The fraction of sp³-hybridized carbons (Fsp3) is 0.133. The van der Waals surface area contributed by atoms with Gasteiger partial charge in [-0.25, -0.2) is 0 Å². The number of rotatable bonds is 5. The van der Waals surface area contributed by atoms with Crippen LogP contribution in [0.3, 0.4) is 0 Å². The molecular formula is C15H13ClN4OS. The molecule has 1 N–H and O–H groups in total. The molecule has 0 aliphatic rings. The van der Waals surface area contributed by atoms with Crippen molar-refractivity contribution < 1.29 is 5.11 Å². The maximum absolute atomic E-state index is 9.34. The van der Waals surface area contributed by atoms with Gasteiger partial charge in [-0.05, 0) is 52.7 Å². The van der Waals surface area contributed by atoms with Gasteiger partial charge >= 0.3 is 0 Å². The predicted molar refractivity (Wildman–Crippen MR) is 86.7 cm³/mol. The van der Waals surface area contributed by atoms with Gasteiger partial charge in [-0.1, -0.05) is 41.6 Å². The van der Waals surface area contributed by atoms with E-state index in [1.807, 2.05) is 24.3 Å². The van der Waals surface area contributed by atoms with Crippen molar-refractivity contribution in [1.82, 2.24) is 20.2 Å². The largest absolute Gasteiger partial charge is 0.508 e. The number of phenols is 1. The highest BCUT2D eigenvalue weighted by molar-refractivity contribution is 7.99. The average Bonchev–Trinajstić information content (AvgIpc) is 2.98. The second-order valence-electron chi connectivity index (χ2n) is 4.58. The Hall–Kier alpha value is -2.05. The van der Waals surface area contributed by atoms with E-state index in [9.17, 15) is 5.11 Å². The van der Waals surface area contributed by atoms with Gasteiger partial charge in [-0.15, -0.1) is 5.10 Å². The first-order valence-electron chi connectivity index (χ1n) is 6.68. The Kier molecular flexibility index (Phi) is 4.60. The Balaban J connectivity index is 1.68. The van der Waals surface area contributed by atoms with Crippen molar-refractivity contribution in [1.29, 1.82) is 0 Å². The van der Waals surface area contributed by atoms with Crippen LogP contribution < -0.4 is 0 Å².